The van der Waals surface area contributed by atoms with Gasteiger partial charge in [-0.3, -0.25) is 4.79 Å². The monoisotopic (exact) mass is 235 g/mol. The Labute approximate surface area is 99.4 Å². The molecule has 0 radical (unpaired) electrons. The first-order valence-corrected chi connectivity index (χ1v) is 5.26. The van der Waals surface area contributed by atoms with Crippen molar-refractivity contribution in [2.75, 3.05) is 13.1 Å². The summed E-state index contributed by atoms with van der Waals surface area (Å²) in [5.74, 6) is -0.556. The third kappa shape index (κ3) is 4.62. The van der Waals surface area contributed by atoms with E-state index in [-0.39, 0.29) is 30.9 Å². The molecule has 17 heavy (non-hydrogen) atoms. The molecule has 1 aromatic carbocycles. The van der Waals surface area contributed by atoms with E-state index in [1.807, 2.05) is 13.0 Å². The quantitative estimate of drug-likeness (QED) is 0.751. The van der Waals surface area contributed by atoms with E-state index in [0.717, 1.165) is 5.56 Å². The predicted octanol–water partition coefficient (Wildman–Crippen LogP) is 1.12. The van der Waals surface area contributed by atoms with Gasteiger partial charge in [0.15, 0.2) is 0 Å². The first kappa shape index (κ1) is 13.1. The number of benzene rings is 1. The number of nitrogens with one attached hydrogen (secondary N) is 2. The van der Waals surface area contributed by atoms with E-state index in [1.165, 1.54) is 12.1 Å². The summed E-state index contributed by atoms with van der Waals surface area (Å²) in [5, 5.41) is 13.6. The molecule has 0 aliphatic rings. The molecule has 1 amide bonds. The van der Waals surface area contributed by atoms with Crippen molar-refractivity contribution in [3.8, 4) is 6.07 Å². The summed E-state index contributed by atoms with van der Waals surface area (Å²) in [6.45, 7) is 1.93. The summed E-state index contributed by atoms with van der Waals surface area (Å²) in [6, 6.07) is 7.89. The van der Waals surface area contributed by atoms with Gasteiger partial charge in [0, 0.05) is 6.04 Å². The van der Waals surface area contributed by atoms with E-state index < -0.39 is 0 Å². The predicted molar refractivity (Wildman–Crippen MR) is 61.4 cm³/mol. The fraction of sp³-hybridized carbons (Fsp3) is 0.333. The SMILES string of the molecule is C[C@H](NCC(=O)NCC#N)c1cccc(F)c1. The topological polar surface area (TPSA) is 64.9 Å². The zero-order chi connectivity index (χ0) is 12.7. The highest BCUT2D eigenvalue weighted by molar-refractivity contribution is 5.78. The van der Waals surface area contributed by atoms with Crippen LogP contribution in [-0.4, -0.2) is 19.0 Å². The van der Waals surface area contributed by atoms with Gasteiger partial charge >= 0.3 is 0 Å². The maximum absolute atomic E-state index is 12.9. The van der Waals surface area contributed by atoms with E-state index in [9.17, 15) is 9.18 Å². The summed E-state index contributed by atoms with van der Waals surface area (Å²) < 4.78 is 12.9. The smallest absolute Gasteiger partial charge is 0.234 e. The Balaban J connectivity index is 2.42. The number of nitriles is 1. The summed E-state index contributed by atoms with van der Waals surface area (Å²) in [5.41, 5.74) is 0.776. The molecule has 0 spiro atoms. The van der Waals surface area contributed by atoms with Crippen LogP contribution in [0.1, 0.15) is 18.5 Å². The maximum atomic E-state index is 12.9. The minimum Gasteiger partial charge on any atom is -0.342 e. The summed E-state index contributed by atoms with van der Waals surface area (Å²) in [6.07, 6.45) is 0. The van der Waals surface area contributed by atoms with Gasteiger partial charge < -0.3 is 10.6 Å². The van der Waals surface area contributed by atoms with E-state index in [4.69, 9.17) is 5.26 Å². The minimum atomic E-state index is -0.301. The number of hydrogen-bond acceptors (Lipinski definition) is 3. The lowest BCUT2D eigenvalue weighted by Crippen LogP contribution is -2.35. The second-order valence-corrected chi connectivity index (χ2v) is 3.59. The van der Waals surface area contributed by atoms with Gasteiger partial charge in [-0.05, 0) is 24.6 Å². The van der Waals surface area contributed by atoms with Gasteiger partial charge in [-0.25, -0.2) is 4.39 Å². The minimum absolute atomic E-state index is 0.00510. The Morgan fingerprint density at radius 2 is 2.35 bits per heavy atom. The molecular formula is C12H14FN3O. The number of halogens is 1. The van der Waals surface area contributed by atoms with Crippen molar-refractivity contribution in [3.05, 3.63) is 35.6 Å². The van der Waals surface area contributed by atoms with Gasteiger partial charge in [-0.1, -0.05) is 12.1 Å². The average molecular weight is 235 g/mol. The average Bonchev–Trinajstić information content (AvgIpc) is 2.33. The zero-order valence-corrected chi connectivity index (χ0v) is 9.53. The highest BCUT2D eigenvalue weighted by Crippen LogP contribution is 2.12. The van der Waals surface area contributed by atoms with Crippen molar-refractivity contribution in [3.63, 3.8) is 0 Å². The lowest BCUT2D eigenvalue weighted by atomic mass is 10.1. The van der Waals surface area contributed by atoms with Crippen LogP contribution in [0.25, 0.3) is 0 Å². The molecule has 0 aliphatic carbocycles. The number of amides is 1. The first-order chi connectivity index (χ1) is 8.13. The van der Waals surface area contributed by atoms with Gasteiger partial charge in [0.2, 0.25) is 5.91 Å². The lowest BCUT2D eigenvalue weighted by Gasteiger charge is -2.13. The molecule has 2 N–H and O–H groups in total. The van der Waals surface area contributed by atoms with E-state index >= 15 is 0 Å². The van der Waals surface area contributed by atoms with Crippen molar-refractivity contribution in [2.45, 2.75) is 13.0 Å². The van der Waals surface area contributed by atoms with Crippen LogP contribution in [0.4, 0.5) is 4.39 Å². The van der Waals surface area contributed by atoms with Gasteiger partial charge in [0.1, 0.15) is 12.4 Å². The number of carbonyl (C=O) groups is 1. The van der Waals surface area contributed by atoms with Crippen molar-refractivity contribution in [1.29, 1.82) is 5.26 Å². The normalized spacial score (nSPS) is 11.6. The number of nitrogens with zero attached hydrogens (tertiary/aromatic N) is 1. The number of hydrogen-bond donors (Lipinski definition) is 2. The van der Waals surface area contributed by atoms with Crippen molar-refractivity contribution in [1.82, 2.24) is 10.6 Å². The summed E-state index contributed by atoms with van der Waals surface area (Å²) >= 11 is 0. The van der Waals surface area contributed by atoms with Crippen LogP contribution >= 0.6 is 0 Å². The molecule has 90 valence electrons. The van der Waals surface area contributed by atoms with Crippen LogP contribution in [0.15, 0.2) is 24.3 Å². The molecule has 5 heteroatoms. The van der Waals surface area contributed by atoms with Gasteiger partial charge in [-0.15, -0.1) is 0 Å². The fourth-order valence-electron chi connectivity index (χ4n) is 1.34. The van der Waals surface area contributed by atoms with E-state index in [2.05, 4.69) is 10.6 Å². The molecule has 0 fully saturated rings. The molecule has 1 atom stereocenters. The fourth-order valence-corrected chi connectivity index (χ4v) is 1.34. The molecule has 0 saturated heterocycles. The maximum Gasteiger partial charge on any atom is 0.234 e. The van der Waals surface area contributed by atoms with Crippen LogP contribution in [0, 0.1) is 17.1 Å². The molecule has 0 aliphatic heterocycles. The Morgan fingerprint density at radius 3 is 3.00 bits per heavy atom. The Hall–Kier alpha value is -1.93. The highest BCUT2D eigenvalue weighted by Gasteiger charge is 2.07. The van der Waals surface area contributed by atoms with Crippen LogP contribution in [0.2, 0.25) is 0 Å². The van der Waals surface area contributed by atoms with Crippen molar-refractivity contribution in [2.24, 2.45) is 0 Å². The Bertz CT molecular complexity index is 428. The molecule has 0 bridgehead atoms. The number of carbonyl (C=O) groups excluding carboxylic acids is 1. The van der Waals surface area contributed by atoms with Gasteiger partial charge in [0.05, 0.1) is 12.6 Å². The lowest BCUT2D eigenvalue weighted by molar-refractivity contribution is -0.120. The number of rotatable bonds is 5. The van der Waals surface area contributed by atoms with Crippen LogP contribution in [-0.2, 0) is 4.79 Å². The second-order valence-electron chi connectivity index (χ2n) is 3.59. The molecule has 1 rings (SSSR count). The molecule has 0 unspecified atom stereocenters. The van der Waals surface area contributed by atoms with E-state index in [1.54, 1.807) is 12.1 Å². The molecular weight excluding hydrogens is 221 g/mol. The molecule has 4 nitrogen and oxygen atoms in total. The summed E-state index contributed by atoms with van der Waals surface area (Å²) in [4.78, 5) is 11.2. The molecule has 0 saturated carbocycles. The molecule has 0 aromatic heterocycles. The largest absolute Gasteiger partial charge is 0.342 e. The van der Waals surface area contributed by atoms with Gasteiger partial charge in [-0.2, -0.15) is 5.26 Å². The standard InChI is InChI=1S/C12H14FN3O/c1-9(10-3-2-4-11(13)7-10)16-8-12(17)15-6-5-14/h2-4,7,9,16H,6,8H2,1H3,(H,15,17)/t9-/m0/s1. The van der Waals surface area contributed by atoms with Crippen LogP contribution in [0.3, 0.4) is 0 Å². The second kappa shape index (κ2) is 6.61. The summed E-state index contributed by atoms with van der Waals surface area (Å²) in [7, 11) is 0. The molecule has 1 aromatic rings. The van der Waals surface area contributed by atoms with Crippen molar-refractivity contribution < 1.29 is 9.18 Å². The molecule has 0 heterocycles. The van der Waals surface area contributed by atoms with Crippen LogP contribution < -0.4 is 10.6 Å². The van der Waals surface area contributed by atoms with Gasteiger partial charge in [0.25, 0.3) is 0 Å². The Morgan fingerprint density at radius 1 is 1.59 bits per heavy atom. The third-order valence-corrected chi connectivity index (χ3v) is 2.28. The van der Waals surface area contributed by atoms with E-state index in [0.29, 0.717) is 0 Å². The Kier molecular flexibility index (Phi) is 5.11. The zero-order valence-electron chi connectivity index (χ0n) is 9.53. The van der Waals surface area contributed by atoms with Crippen molar-refractivity contribution >= 4 is 5.91 Å². The first-order valence-electron chi connectivity index (χ1n) is 5.26. The third-order valence-electron chi connectivity index (χ3n) is 2.28. The highest BCUT2D eigenvalue weighted by atomic mass is 19.1. The van der Waals surface area contributed by atoms with Crippen LogP contribution in [0.5, 0.6) is 0 Å².